The molecule has 7 heteroatoms. The van der Waals surface area contributed by atoms with Crippen LogP contribution in [-0.4, -0.2) is 39.6 Å². The van der Waals surface area contributed by atoms with Gasteiger partial charge >= 0.3 is 6.01 Å². The molecular formula is C11H21N5OS. The number of aromatic nitrogens is 3. The van der Waals surface area contributed by atoms with Crippen molar-refractivity contribution in [3.63, 3.8) is 0 Å². The maximum absolute atomic E-state index is 5.62. The van der Waals surface area contributed by atoms with Gasteiger partial charge in [-0.1, -0.05) is 6.92 Å². The van der Waals surface area contributed by atoms with Crippen LogP contribution in [0.4, 0.5) is 11.9 Å². The van der Waals surface area contributed by atoms with Gasteiger partial charge in [-0.25, -0.2) is 0 Å². The van der Waals surface area contributed by atoms with Crippen LogP contribution in [0.15, 0.2) is 0 Å². The minimum atomic E-state index is 0.177. The van der Waals surface area contributed by atoms with Crippen molar-refractivity contribution in [1.29, 1.82) is 0 Å². The van der Waals surface area contributed by atoms with Crippen molar-refractivity contribution in [1.82, 2.24) is 15.0 Å². The first kappa shape index (κ1) is 14.8. The molecular weight excluding hydrogens is 250 g/mol. The molecule has 0 saturated heterocycles. The molecule has 102 valence electrons. The van der Waals surface area contributed by atoms with Gasteiger partial charge in [0.1, 0.15) is 0 Å². The molecule has 1 aromatic rings. The van der Waals surface area contributed by atoms with E-state index in [0.717, 1.165) is 18.6 Å². The molecule has 0 saturated carbocycles. The van der Waals surface area contributed by atoms with E-state index in [1.54, 1.807) is 0 Å². The Morgan fingerprint density at radius 1 is 1.39 bits per heavy atom. The Bertz CT molecular complexity index is 363. The summed E-state index contributed by atoms with van der Waals surface area (Å²) >= 11 is 1.82. The van der Waals surface area contributed by atoms with Gasteiger partial charge in [-0.15, -0.1) is 0 Å². The van der Waals surface area contributed by atoms with E-state index < -0.39 is 0 Å². The maximum atomic E-state index is 5.62. The van der Waals surface area contributed by atoms with Gasteiger partial charge in [-0.3, -0.25) is 0 Å². The van der Waals surface area contributed by atoms with Crippen molar-refractivity contribution in [3.8, 4) is 6.01 Å². The molecule has 3 N–H and O–H groups in total. The van der Waals surface area contributed by atoms with E-state index in [9.17, 15) is 0 Å². The lowest BCUT2D eigenvalue weighted by atomic mass is 10.3. The fourth-order valence-electron chi connectivity index (χ4n) is 1.28. The first-order chi connectivity index (χ1) is 8.65. The molecule has 6 nitrogen and oxygen atoms in total. The fourth-order valence-corrected chi connectivity index (χ4v) is 1.87. The molecule has 0 amide bonds. The first-order valence-corrected chi connectivity index (χ1v) is 7.45. The number of hydrogen-bond acceptors (Lipinski definition) is 7. The van der Waals surface area contributed by atoms with Crippen LogP contribution in [0.2, 0.25) is 0 Å². The molecule has 0 aliphatic rings. The number of nitrogen functional groups attached to an aromatic ring is 1. The largest absolute Gasteiger partial charge is 0.463 e. The summed E-state index contributed by atoms with van der Waals surface area (Å²) in [5, 5.41) is 3.20. The Labute approximate surface area is 112 Å². The van der Waals surface area contributed by atoms with Crippen LogP contribution in [0.5, 0.6) is 6.01 Å². The van der Waals surface area contributed by atoms with Crippen LogP contribution in [-0.2, 0) is 0 Å². The molecule has 0 aliphatic heterocycles. The fraction of sp³-hybridized carbons (Fsp3) is 0.727. The number of anilines is 2. The number of hydrogen-bond donors (Lipinski definition) is 2. The summed E-state index contributed by atoms with van der Waals surface area (Å²) in [6.45, 7) is 4.68. The van der Waals surface area contributed by atoms with E-state index in [1.165, 1.54) is 0 Å². The second kappa shape index (κ2) is 7.97. The standard InChI is InChI=1S/C11H21N5OS/c1-4-6-17-11-15-9(12)14-10(16-11)13-8(2)5-7-18-3/h8H,4-7H2,1-3H3,(H3,12,13,14,15,16). The summed E-state index contributed by atoms with van der Waals surface area (Å²) < 4.78 is 5.35. The highest BCUT2D eigenvalue weighted by Gasteiger charge is 2.08. The van der Waals surface area contributed by atoms with Crippen LogP contribution < -0.4 is 15.8 Å². The third-order valence-corrected chi connectivity index (χ3v) is 2.84. The smallest absolute Gasteiger partial charge is 0.323 e. The highest BCUT2D eigenvalue weighted by Crippen LogP contribution is 2.11. The van der Waals surface area contributed by atoms with Gasteiger partial charge in [-0.2, -0.15) is 26.7 Å². The molecule has 0 spiro atoms. The lowest BCUT2D eigenvalue weighted by molar-refractivity contribution is 0.292. The molecule has 0 aromatic carbocycles. The summed E-state index contributed by atoms with van der Waals surface area (Å²) in [5.41, 5.74) is 5.62. The quantitative estimate of drug-likeness (QED) is 0.745. The first-order valence-electron chi connectivity index (χ1n) is 6.05. The minimum absolute atomic E-state index is 0.177. The number of nitrogens with one attached hydrogen (secondary N) is 1. The number of thioether (sulfide) groups is 1. The van der Waals surface area contributed by atoms with Crippen molar-refractivity contribution in [3.05, 3.63) is 0 Å². The van der Waals surface area contributed by atoms with Crippen molar-refractivity contribution in [2.45, 2.75) is 32.7 Å². The van der Waals surface area contributed by atoms with Gasteiger partial charge in [0, 0.05) is 6.04 Å². The average Bonchev–Trinajstić information content (AvgIpc) is 2.33. The molecule has 18 heavy (non-hydrogen) atoms. The second-order valence-corrected chi connectivity index (χ2v) is 4.96. The van der Waals surface area contributed by atoms with Crippen LogP contribution in [0.25, 0.3) is 0 Å². The molecule has 1 rings (SSSR count). The van der Waals surface area contributed by atoms with E-state index in [1.807, 2.05) is 18.7 Å². The van der Waals surface area contributed by atoms with Crippen LogP contribution in [0, 0.1) is 0 Å². The molecule has 1 unspecified atom stereocenters. The molecule has 0 aliphatic carbocycles. The zero-order valence-electron chi connectivity index (χ0n) is 11.1. The number of nitrogens with zero attached hydrogens (tertiary/aromatic N) is 3. The Kier molecular flexibility index (Phi) is 6.56. The summed E-state index contributed by atoms with van der Waals surface area (Å²) in [6.07, 6.45) is 4.03. The van der Waals surface area contributed by atoms with Crippen molar-refractivity contribution in [2.24, 2.45) is 0 Å². The Morgan fingerprint density at radius 3 is 2.83 bits per heavy atom. The molecule has 0 radical (unpaired) electrons. The van der Waals surface area contributed by atoms with Gasteiger partial charge in [0.2, 0.25) is 11.9 Å². The van der Waals surface area contributed by atoms with E-state index in [4.69, 9.17) is 10.5 Å². The van der Waals surface area contributed by atoms with Crippen LogP contribution in [0.3, 0.4) is 0 Å². The monoisotopic (exact) mass is 271 g/mol. The van der Waals surface area contributed by atoms with E-state index in [0.29, 0.717) is 18.6 Å². The average molecular weight is 271 g/mol. The third kappa shape index (κ3) is 5.39. The Hall–Kier alpha value is -1.24. The topological polar surface area (TPSA) is 86.0 Å². The summed E-state index contributed by atoms with van der Waals surface area (Å²) in [5.74, 6) is 1.74. The van der Waals surface area contributed by atoms with Gasteiger partial charge in [0.15, 0.2) is 0 Å². The zero-order chi connectivity index (χ0) is 13.4. The van der Waals surface area contributed by atoms with E-state index in [2.05, 4.69) is 33.4 Å². The third-order valence-electron chi connectivity index (χ3n) is 2.20. The van der Waals surface area contributed by atoms with Crippen LogP contribution in [0.1, 0.15) is 26.7 Å². The number of ether oxygens (including phenoxy) is 1. The van der Waals surface area contributed by atoms with Gasteiger partial charge in [0.25, 0.3) is 0 Å². The number of rotatable bonds is 8. The highest BCUT2D eigenvalue weighted by molar-refractivity contribution is 7.98. The van der Waals surface area contributed by atoms with E-state index >= 15 is 0 Å². The normalized spacial score (nSPS) is 12.2. The van der Waals surface area contributed by atoms with E-state index in [-0.39, 0.29) is 12.0 Å². The summed E-state index contributed by atoms with van der Waals surface area (Å²) in [7, 11) is 0. The predicted octanol–water partition coefficient (Wildman–Crippen LogP) is 1.80. The minimum Gasteiger partial charge on any atom is -0.463 e. The predicted molar refractivity (Wildman–Crippen MR) is 76.1 cm³/mol. The van der Waals surface area contributed by atoms with Gasteiger partial charge in [0.05, 0.1) is 6.61 Å². The van der Waals surface area contributed by atoms with Gasteiger partial charge < -0.3 is 15.8 Å². The maximum Gasteiger partial charge on any atom is 0.323 e. The molecule has 1 atom stereocenters. The summed E-state index contributed by atoms with van der Waals surface area (Å²) in [6, 6.07) is 0.571. The zero-order valence-corrected chi connectivity index (χ0v) is 12.0. The highest BCUT2D eigenvalue weighted by atomic mass is 32.2. The lowest BCUT2D eigenvalue weighted by Crippen LogP contribution is -2.19. The lowest BCUT2D eigenvalue weighted by Gasteiger charge is -2.13. The SMILES string of the molecule is CCCOc1nc(N)nc(NC(C)CCSC)n1. The Balaban J connectivity index is 2.61. The molecule has 0 fully saturated rings. The molecule has 1 heterocycles. The summed E-state index contributed by atoms with van der Waals surface area (Å²) in [4.78, 5) is 12.2. The van der Waals surface area contributed by atoms with Crippen molar-refractivity contribution in [2.75, 3.05) is 29.7 Å². The Morgan fingerprint density at radius 2 is 2.17 bits per heavy atom. The van der Waals surface area contributed by atoms with Gasteiger partial charge in [-0.05, 0) is 31.8 Å². The van der Waals surface area contributed by atoms with Crippen molar-refractivity contribution < 1.29 is 4.74 Å². The molecule has 1 aromatic heterocycles. The van der Waals surface area contributed by atoms with Crippen molar-refractivity contribution >= 4 is 23.7 Å². The second-order valence-electron chi connectivity index (χ2n) is 3.98. The number of nitrogens with two attached hydrogens (primary N) is 1. The van der Waals surface area contributed by atoms with Crippen LogP contribution >= 0.6 is 11.8 Å². The molecule has 0 bridgehead atoms.